The summed E-state index contributed by atoms with van der Waals surface area (Å²) in [5.41, 5.74) is -0.395. The molecule has 2 amide bonds. The number of rotatable bonds is 6. The van der Waals surface area contributed by atoms with Gasteiger partial charge in [-0.2, -0.15) is 5.26 Å². The topological polar surface area (TPSA) is 137 Å². The highest BCUT2D eigenvalue weighted by atomic mass is 32.2. The zero-order valence-electron chi connectivity index (χ0n) is 18.8. The number of hydrogen-bond acceptors (Lipinski definition) is 8. The molecule has 0 bridgehead atoms. The molecule has 3 aliphatic rings. The second-order valence-electron chi connectivity index (χ2n) is 9.35. The van der Waals surface area contributed by atoms with Crippen molar-refractivity contribution in [2.45, 2.75) is 56.8 Å². The Kier molecular flexibility index (Phi) is 7.95. The summed E-state index contributed by atoms with van der Waals surface area (Å²) in [5.74, 6) is -1.73. The fourth-order valence-electron chi connectivity index (χ4n) is 4.47. The van der Waals surface area contributed by atoms with Crippen LogP contribution in [0.3, 0.4) is 0 Å². The Bertz CT molecular complexity index is 898. The standard InChI is InChI=1S/C21H31FN4O6S/c1-21(24-12-18(27)26-13-16(22)10-17(26)11-23)4-6-25(7-5-21)19(28)14-32-20(29)15-2-8-33(30,31)9-3-15/h15-17,24H,2-10,12-14H2,1H3/t16-,17-/m0/s1. The van der Waals surface area contributed by atoms with Crippen molar-refractivity contribution in [2.75, 3.05) is 44.3 Å². The number of alkyl halides is 1. The van der Waals surface area contributed by atoms with E-state index >= 15 is 0 Å². The van der Waals surface area contributed by atoms with Crippen molar-refractivity contribution in [3.05, 3.63) is 0 Å². The Morgan fingerprint density at radius 3 is 2.42 bits per heavy atom. The zero-order chi connectivity index (χ0) is 24.2. The Morgan fingerprint density at radius 2 is 1.82 bits per heavy atom. The molecule has 0 aromatic carbocycles. The van der Waals surface area contributed by atoms with Gasteiger partial charge in [0.1, 0.15) is 22.1 Å². The second kappa shape index (κ2) is 10.3. The van der Waals surface area contributed by atoms with Gasteiger partial charge in [0.15, 0.2) is 6.61 Å². The van der Waals surface area contributed by atoms with Gasteiger partial charge in [-0.15, -0.1) is 0 Å². The highest BCUT2D eigenvalue weighted by Crippen LogP contribution is 2.24. The van der Waals surface area contributed by atoms with Gasteiger partial charge in [-0.3, -0.25) is 14.4 Å². The van der Waals surface area contributed by atoms with E-state index in [-0.39, 0.29) is 62.3 Å². The van der Waals surface area contributed by atoms with Crippen LogP contribution in [0.4, 0.5) is 4.39 Å². The van der Waals surface area contributed by atoms with Crippen molar-refractivity contribution in [3.63, 3.8) is 0 Å². The number of ether oxygens (including phenoxy) is 1. The van der Waals surface area contributed by atoms with Crippen LogP contribution in [0.2, 0.25) is 0 Å². The third kappa shape index (κ3) is 6.63. The van der Waals surface area contributed by atoms with E-state index in [1.54, 1.807) is 4.90 Å². The Hall–Kier alpha value is -2.26. The predicted octanol–water partition coefficient (Wildman–Crippen LogP) is -0.212. The lowest BCUT2D eigenvalue weighted by Gasteiger charge is -2.40. The van der Waals surface area contributed by atoms with Crippen LogP contribution in [0.1, 0.15) is 39.0 Å². The van der Waals surface area contributed by atoms with Gasteiger partial charge in [-0.1, -0.05) is 0 Å². The molecule has 3 rings (SSSR count). The molecular formula is C21H31FN4O6S. The average molecular weight is 487 g/mol. The highest BCUT2D eigenvalue weighted by Gasteiger charge is 2.37. The zero-order valence-corrected chi connectivity index (χ0v) is 19.6. The molecule has 3 aliphatic heterocycles. The summed E-state index contributed by atoms with van der Waals surface area (Å²) >= 11 is 0. The molecule has 0 spiro atoms. The van der Waals surface area contributed by atoms with Crippen molar-refractivity contribution < 1.29 is 31.9 Å². The minimum absolute atomic E-state index is 0.00985. The van der Waals surface area contributed by atoms with Crippen LogP contribution in [0.15, 0.2) is 0 Å². The fourth-order valence-corrected chi connectivity index (χ4v) is 5.96. The number of nitrogens with one attached hydrogen (secondary N) is 1. The van der Waals surface area contributed by atoms with Crippen LogP contribution in [-0.4, -0.2) is 98.0 Å². The number of nitrogens with zero attached hydrogens (tertiary/aromatic N) is 3. The Labute approximate surface area is 193 Å². The van der Waals surface area contributed by atoms with Gasteiger partial charge < -0.3 is 19.9 Å². The summed E-state index contributed by atoms with van der Waals surface area (Å²) in [5, 5.41) is 12.3. The van der Waals surface area contributed by atoms with Crippen LogP contribution in [0, 0.1) is 17.2 Å². The number of halogens is 1. The third-order valence-electron chi connectivity index (χ3n) is 6.83. The van der Waals surface area contributed by atoms with Crippen LogP contribution >= 0.6 is 0 Å². The number of likely N-dealkylation sites (tertiary alicyclic amines) is 2. The number of carbonyl (C=O) groups is 3. The molecule has 1 N–H and O–H groups in total. The molecule has 0 aliphatic carbocycles. The molecule has 0 saturated carbocycles. The van der Waals surface area contributed by atoms with Crippen LogP contribution in [0.25, 0.3) is 0 Å². The molecule has 0 aromatic rings. The third-order valence-corrected chi connectivity index (χ3v) is 8.55. The van der Waals surface area contributed by atoms with E-state index < -0.39 is 39.5 Å². The number of hydrogen-bond donors (Lipinski definition) is 1. The summed E-state index contributed by atoms with van der Waals surface area (Å²) in [6.07, 6.45) is 0.465. The summed E-state index contributed by atoms with van der Waals surface area (Å²) in [4.78, 5) is 39.9. The first-order valence-electron chi connectivity index (χ1n) is 11.2. The van der Waals surface area contributed by atoms with E-state index in [0.717, 1.165) is 0 Å². The first kappa shape index (κ1) is 25.4. The SMILES string of the molecule is CC1(NCC(=O)N2C[C@@H](F)C[C@H]2C#N)CCN(C(=O)COC(=O)C2CCS(=O)(=O)CC2)CC1. The summed E-state index contributed by atoms with van der Waals surface area (Å²) in [6, 6.07) is 1.23. The average Bonchev–Trinajstić information content (AvgIpc) is 3.17. The largest absolute Gasteiger partial charge is 0.455 e. The molecule has 10 nitrogen and oxygen atoms in total. The van der Waals surface area contributed by atoms with Gasteiger partial charge in [0, 0.05) is 25.0 Å². The molecule has 184 valence electrons. The van der Waals surface area contributed by atoms with E-state index in [1.165, 1.54) is 4.90 Å². The minimum atomic E-state index is -3.07. The van der Waals surface area contributed by atoms with E-state index in [1.807, 2.05) is 13.0 Å². The van der Waals surface area contributed by atoms with Crippen LogP contribution in [0.5, 0.6) is 0 Å². The molecule has 3 saturated heterocycles. The summed E-state index contributed by atoms with van der Waals surface area (Å²) in [7, 11) is -3.07. The number of piperidine rings is 1. The van der Waals surface area contributed by atoms with E-state index in [2.05, 4.69) is 5.32 Å². The van der Waals surface area contributed by atoms with Crippen LogP contribution in [-0.2, 0) is 29.0 Å². The van der Waals surface area contributed by atoms with Gasteiger partial charge in [0.2, 0.25) is 5.91 Å². The molecule has 2 atom stereocenters. The molecule has 0 radical (unpaired) electrons. The van der Waals surface area contributed by atoms with Crippen molar-refractivity contribution in [2.24, 2.45) is 5.92 Å². The van der Waals surface area contributed by atoms with Gasteiger partial charge >= 0.3 is 5.97 Å². The lowest BCUT2D eigenvalue weighted by atomic mass is 9.89. The predicted molar refractivity (Wildman–Crippen MR) is 115 cm³/mol. The monoisotopic (exact) mass is 486 g/mol. The number of sulfone groups is 1. The van der Waals surface area contributed by atoms with Crippen molar-refractivity contribution in [3.8, 4) is 6.07 Å². The molecule has 0 unspecified atom stereocenters. The van der Waals surface area contributed by atoms with E-state index in [0.29, 0.717) is 25.9 Å². The summed E-state index contributed by atoms with van der Waals surface area (Å²) < 4.78 is 41.6. The number of carbonyl (C=O) groups excluding carboxylic acids is 3. The van der Waals surface area contributed by atoms with Crippen molar-refractivity contribution in [1.82, 2.24) is 15.1 Å². The first-order valence-corrected chi connectivity index (χ1v) is 13.1. The first-order chi connectivity index (χ1) is 15.5. The number of amides is 2. The van der Waals surface area contributed by atoms with Gasteiger partial charge in [0.05, 0.1) is 36.6 Å². The Balaban J connectivity index is 1.38. The van der Waals surface area contributed by atoms with Gasteiger partial charge in [-0.05, 0) is 32.6 Å². The molecule has 33 heavy (non-hydrogen) atoms. The van der Waals surface area contributed by atoms with Crippen molar-refractivity contribution in [1.29, 1.82) is 5.26 Å². The van der Waals surface area contributed by atoms with Gasteiger partial charge in [-0.25, -0.2) is 12.8 Å². The summed E-state index contributed by atoms with van der Waals surface area (Å²) in [6.45, 7) is 2.35. The number of esters is 1. The normalized spacial score (nSPS) is 27.1. The second-order valence-corrected chi connectivity index (χ2v) is 11.7. The Morgan fingerprint density at radius 1 is 1.18 bits per heavy atom. The quantitative estimate of drug-likeness (QED) is 0.509. The maximum absolute atomic E-state index is 13.6. The van der Waals surface area contributed by atoms with Crippen molar-refractivity contribution >= 4 is 27.6 Å². The maximum Gasteiger partial charge on any atom is 0.309 e. The highest BCUT2D eigenvalue weighted by molar-refractivity contribution is 7.91. The maximum atomic E-state index is 13.6. The fraction of sp³-hybridized carbons (Fsp3) is 0.810. The number of nitriles is 1. The lowest BCUT2D eigenvalue weighted by molar-refractivity contribution is -0.156. The molecule has 12 heteroatoms. The van der Waals surface area contributed by atoms with Gasteiger partial charge in [0.25, 0.3) is 5.91 Å². The molecule has 3 fully saturated rings. The molecule has 0 aromatic heterocycles. The minimum Gasteiger partial charge on any atom is -0.455 e. The van der Waals surface area contributed by atoms with E-state index in [4.69, 9.17) is 10.00 Å². The molecule has 3 heterocycles. The van der Waals surface area contributed by atoms with E-state index in [9.17, 15) is 27.2 Å². The lowest BCUT2D eigenvalue weighted by Crippen LogP contribution is -2.55. The van der Waals surface area contributed by atoms with Crippen LogP contribution < -0.4 is 5.32 Å². The molecular weight excluding hydrogens is 455 g/mol. The smallest absolute Gasteiger partial charge is 0.309 e.